The minimum absolute atomic E-state index is 0. The number of phenolic OH excluding ortho intramolecular Hbond substituents is 2. The molecule has 0 aromatic heterocycles. The molecule has 449 valence electrons. The Morgan fingerprint density at radius 1 is 0.651 bits per heavy atom. The number of aliphatic imine (C=N–C) groups is 1. The molecule has 24 nitrogen and oxygen atoms in total. The summed E-state index contributed by atoms with van der Waals surface area (Å²) in [6.45, 7) is 0.605. The third-order valence-electron chi connectivity index (χ3n) is 14.3. The van der Waals surface area contributed by atoms with E-state index in [-0.39, 0.29) is 146 Å². The molecule has 5 N–H and O–H groups in total. The maximum Gasteiger partial charge on any atom is 3.00 e. The van der Waals surface area contributed by atoms with E-state index in [1.54, 1.807) is 45.0 Å². The zero-order chi connectivity index (χ0) is 58.9. The molecule has 83 heavy (non-hydrogen) atoms. The maximum atomic E-state index is 13.5. The number of amides is 3. The van der Waals surface area contributed by atoms with Gasteiger partial charge >= 0.3 is 45.9 Å². The first kappa shape index (κ1) is 67.6. The predicted octanol–water partition coefficient (Wildman–Crippen LogP) is -0.0725. The number of benzene rings is 3. The standard InChI is InChI=1S/C57H75N9O15S.Gd/c67-31-11-7-5-3-1-2-4-6-9-20-59-55(78)47(62-50(70)19-22-58-51(71)35-63-23-25-64(36-52(72)73)27-29-66(38-54(76)77)30-28-65(26-24-63)37-53(74)75)12-8-10-21-61-82-39-60-40-13-16-44-43(32-40)56(79)81-57(44)45-17-14-41(68)33-48(45)80-49-34-42(69)15-18-46(49)57;/h13-18,31-34,47,68-69H,1-12,19-30,35-38H2,(H,58,71)(H,59,78)(H,62,70)(H,72,73)(H,74,75)(H,76,77);/q;+3/p-3. The number of aliphatic carboxylic acids is 3. The fourth-order valence-corrected chi connectivity index (χ4v) is 10.5. The van der Waals surface area contributed by atoms with Crippen LogP contribution in [0.5, 0.6) is 23.0 Å². The molecule has 3 aromatic carbocycles. The smallest absolute Gasteiger partial charge is 0.549 e. The zero-order valence-corrected chi connectivity index (χ0v) is 49.4. The number of carboxylic acids is 3. The summed E-state index contributed by atoms with van der Waals surface area (Å²) in [6.07, 6.45) is 10.6. The van der Waals surface area contributed by atoms with Crippen LogP contribution in [0.1, 0.15) is 111 Å². The number of rotatable bonds is 30. The van der Waals surface area contributed by atoms with Gasteiger partial charge in [0.15, 0.2) is 5.60 Å². The van der Waals surface area contributed by atoms with Gasteiger partial charge in [0.2, 0.25) is 17.7 Å². The van der Waals surface area contributed by atoms with Gasteiger partial charge in [-0.05, 0) is 68.5 Å². The number of nitrogens with zero attached hydrogens (tertiary/aromatic N) is 6. The van der Waals surface area contributed by atoms with E-state index in [9.17, 15) is 63.9 Å². The van der Waals surface area contributed by atoms with Gasteiger partial charge in [0.25, 0.3) is 0 Å². The fraction of sp³-hybridized carbons (Fsp3) is 0.526. The van der Waals surface area contributed by atoms with Crippen molar-refractivity contribution in [2.45, 2.75) is 95.1 Å². The number of phenols is 2. The van der Waals surface area contributed by atoms with Crippen molar-refractivity contribution in [2.24, 2.45) is 9.36 Å². The zero-order valence-electron chi connectivity index (χ0n) is 46.3. The number of ether oxygens (including phenoxy) is 2. The Morgan fingerprint density at radius 3 is 1.71 bits per heavy atom. The van der Waals surface area contributed by atoms with Gasteiger partial charge in [0.1, 0.15) is 35.3 Å². The van der Waals surface area contributed by atoms with Gasteiger partial charge < -0.3 is 70.1 Å². The van der Waals surface area contributed by atoms with Crippen LogP contribution in [0.15, 0.2) is 64.0 Å². The molecule has 1 radical (unpaired) electrons. The number of nitrogens with one attached hydrogen (secondary N) is 3. The van der Waals surface area contributed by atoms with Crippen LogP contribution in [-0.4, -0.2) is 187 Å². The molecule has 3 aliphatic heterocycles. The largest absolute Gasteiger partial charge is 3.00 e. The molecule has 3 aliphatic rings. The number of fused-ring (bicyclic) bond motifs is 6. The monoisotopic (exact) mass is 1310 g/mol. The summed E-state index contributed by atoms with van der Waals surface area (Å²) in [5.74, 6) is -5.44. The van der Waals surface area contributed by atoms with E-state index in [1.165, 1.54) is 29.2 Å². The van der Waals surface area contributed by atoms with Crippen LogP contribution in [0.4, 0.5) is 5.69 Å². The molecule has 1 saturated heterocycles. The Kier molecular flexibility index (Phi) is 28.6. The molecule has 1 atom stereocenters. The first-order chi connectivity index (χ1) is 39.5. The van der Waals surface area contributed by atoms with Gasteiger partial charge in [-0.25, -0.2) is 9.16 Å². The van der Waals surface area contributed by atoms with E-state index in [4.69, 9.17) is 9.47 Å². The number of unbranched alkanes of at least 4 members (excludes halogenated alkanes) is 9. The summed E-state index contributed by atoms with van der Waals surface area (Å²) in [5.41, 5.74) is 0.785. The number of aldehydes is 1. The van der Waals surface area contributed by atoms with Crippen LogP contribution < -0.4 is 36.0 Å². The molecule has 1 unspecified atom stereocenters. The molecule has 1 spiro atoms. The second kappa shape index (κ2) is 35.2. The van der Waals surface area contributed by atoms with Crippen molar-refractivity contribution in [2.75, 3.05) is 98.2 Å². The fourth-order valence-electron chi connectivity index (χ4n) is 10.1. The van der Waals surface area contributed by atoms with Crippen LogP contribution in [0.3, 0.4) is 0 Å². The quantitative estimate of drug-likeness (QED) is 0.0192. The van der Waals surface area contributed by atoms with Crippen LogP contribution in [0, 0.1) is 39.9 Å². The molecular formula is C57H72GdN9O15S. The molecule has 3 aromatic rings. The maximum absolute atomic E-state index is 13.5. The molecular weight excluding hydrogens is 1240 g/mol. The van der Waals surface area contributed by atoms with Crippen LogP contribution in [0.2, 0.25) is 0 Å². The van der Waals surface area contributed by atoms with Crippen molar-refractivity contribution in [1.82, 2.24) is 35.6 Å². The molecule has 6 rings (SSSR count). The molecule has 26 heteroatoms. The van der Waals surface area contributed by atoms with Gasteiger partial charge in [-0.2, -0.15) is 4.99 Å². The molecule has 0 bridgehead atoms. The Labute approximate surface area is 517 Å². The van der Waals surface area contributed by atoms with Crippen LogP contribution in [-0.2, 0) is 55.0 Å². The van der Waals surface area contributed by atoms with Gasteiger partial charge in [0.05, 0.1) is 47.4 Å². The summed E-state index contributed by atoms with van der Waals surface area (Å²) in [7, 11) is 0. The second-order valence-corrected chi connectivity index (χ2v) is 21.0. The number of aromatic hydroxyl groups is 2. The van der Waals surface area contributed by atoms with Crippen molar-refractivity contribution in [3.05, 3.63) is 76.9 Å². The average Bonchev–Trinajstić information content (AvgIpc) is 1.78. The topological polar surface area (TPSA) is 338 Å². The second-order valence-electron chi connectivity index (χ2n) is 20.4. The first-order valence-corrected chi connectivity index (χ1v) is 28.6. The number of carboxylic acid groups (broad SMARTS) is 3. The number of isothiocyanates is 1. The van der Waals surface area contributed by atoms with Crippen molar-refractivity contribution in [3.8, 4) is 23.0 Å². The Balaban J connectivity index is 0.0000126. The minimum Gasteiger partial charge on any atom is -0.549 e. The van der Waals surface area contributed by atoms with Gasteiger partial charge in [0, 0.05) is 138 Å². The third-order valence-corrected chi connectivity index (χ3v) is 14.7. The summed E-state index contributed by atoms with van der Waals surface area (Å²) in [6, 6.07) is 13.2. The number of hydrogen-bond acceptors (Lipinski definition) is 21. The van der Waals surface area contributed by atoms with Crippen molar-refractivity contribution in [3.63, 3.8) is 0 Å². The average molecular weight is 1310 g/mol. The Morgan fingerprint density at radius 2 is 1.17 bits per heavy atom. The number of hydrogen-bond donors (Lipinski definition) is 5. The summed E-state index contributed by atoms with van der Waals surface area (Å²) < 4.78 is 16.6. The molecule has 0 aliphatic carbocycles. The summed E-state index contributed by atoms with van der Waals surface area (Å²) >= 11 is 0.979. The SMILES string of the molecule is O=CCCCCCCCCCCNC(=O)C(CCCCN=S=C=Nc1ccc2c(c1)C(=O)OC21c2ccc(O)cc2Oc2cc(O)ccc21)NC(=O)CCNC(=O)CN1CCN(CC(=O)[O-])CCN(CC(=O)[O-])CCN(CC(=O)[O-])CC1.[Gd+3]. The van der Waals surface area contributed by atoms with Crippen molar-refractivity contribution in [1.29, 1.82) is 0 Å². The van der Waals surface area contributed by atoms with Crippen molar-refractivity contribution >= 4 is 69.9 Å². The van der Waals surface area contributed by atoms with E-state index < -0.39 is 67.0 Å². The molecule has 3 heterocycles. The minimum atomic E-state index is -1.41. The normalized spacial score (nSPS) is 15.6. The van der Waals surface area contributed by atoms with E-state index >= 15 is 0 Å². The summed E-state index contributed by atoms with van der Waals surface area (Å²) in [5, 5.41) is 66.3. The van der Waals surface area contributed by atoms with Gasteiger partial charge in [-0.3, -0.25) is 34.0 Å². The van der Waals surface area contributed by atoms with Crippen LogP contribution >= 0.6 is 0 Å². The van der Waals surface area contributed by atoms with E-state index in [2.05, 4.69) is 30.5 Å². The molecule has 1 fully saturated rings. The van der Waals surface area contributed by atoms with Crippen LogP contribution in [0.25, 0.3) is 0 Å². The number of carbonyl (C=O) groups is 8. The number of carbonyl (C=O) groups excluding carboxylic acids is 8. The van der Waals surface area contributed by atoms with Gasteiger partial charge in [-0.1, -0.05) is 44.6 Å². The van der Waals surface area contributed by atoms with E-state index in [1.807, 2.05) is 0 Å². The predicted molar refractivity (Wildman–Crippen MR) is 295 cm³/mol. The first-order valence-electron chi connectivity index (χ1n) is 27.8. The number of esters is 1. The Bertz CT molecular complexity index is 2770. The van der Waals surface area contributed by atoms with Gasteiger partial charge in [-0.15, -0.1) is 0 Å². The Hall–Kier alpha value is -6.22. The molecule has 3 amide bonds. The van der Waals surface area contributed by atoms with E-state index in [0.717, 1.165) is 68.8 Å². The van der Waals surface area contributed by atoms with Crippen molar-refractivity contribution < 1.29 is 113 Å². The van der Waals surface area contributed by atoms with E-state index in [0.29, 0.717) is 61.2 Å². The summed E-state index contributed by atoms with van der Waals surface area (Å²) in [4.78, 5) is 109. The molecule has 0 saturated carbocycles. The third kappa shape index (κ3) is 21.7.